The Labute approximate surface area is 186 Å². The summed E-state index contributed by atoms with van der Waals surface area (Å²) in [4.78, 5) is 30.0. The molecule has 3 rings (SSSR count). The highest BCUT2D eigenvalue weighted by atomic mass is 16.2. The zero-order valence-corrected chi connectivity index (χ0v) is 19.5. The number of anilines is 1. The van der Waals surface area contributed by atoms with Gasteiger partial charge in [-0.15, -0.1) is 0 Å². The third-order valence-corrected chi connectivity index (χ3v) is 6.21. The number of urea groups is 1. The number of aryl methyl sites for hydroxylation is 1. The lowest BCUT2D eigenvalue weighted by molar-refractivity contribution is -0.133. The predicted molar refractivity (Wildman–Crippen MR) is 125 cm³/mol. The largest absolute Gasteiger partial charge is 0.353 e. The number of nitrogens with zero attached hydrogens (tertiary/aromatic N) is 3. The van der Waals surface area contributed by atoms with Crippen LogP contribution in [-0.2, 0) is 18.4 Å². The molecule has 0 saturated heterocycles. The van der Waals surface area contributed by atoms with Gasteiger partial charge in [0.05, 0.1) is 6.54 Å². The first-order chi connectivity index (χ1) is 14.8. The zero-order valence-electron chi connectivity index (χ0n) is 19.5. The van der Waals surface area contributed by atoms with Gasteiger partial charge in [-0.25, -0.2) is 4.79 Å². The van der Waals surface area contributed by atoms with E-state index < -0.39 is 0 Å². The standard InChI is InChI=1S/C25H36N4O2/c1-6-19(4)28(25(31)26-21-11-9-20(10-12-21)18(2)3)17-24(30)29(22-13-14-22)16-23-8-7-15-27(23)5/h7-12,15,18-19,22H,6,13-14,16-17H2,1-5H3,(H,26,31)/t19-/m1/s1. The van der Waals surface area contributed by atoms with Crippen molar-refractivity contribution >= 4 is 17.6 Å². The van der Waals surface area contributed by atoms with Crippen molar-refractivity contribution < 1.29 is 9.59 Å². The fourth-order valence-electron chi connectivity index (χ4n) is 3.67. The van der Waals surface area contributed by atoms with Crippen LogP contribution in [0.4, 0.5) is 10.5 Å². The number of benzene rings is 1. The quantitative estimate of drug-likeness (QED) is 0.618. The monoisotopic (exact) mass is 424 g/mol. The summed E-state index contributed by atoms with van der Waals surface area (Å²) in [5, 5.41) is 2.98. The minimum Gasteiger partial charge on any atom is -0.353 e. The van der Waals surface area contributed by atoms with Crippen LogP contribution in [0.1, 0.15) is 64.1 Å². The minimum atomic E-state index is -0.227. The number of hydrogen-bond acceptors (Lipinski definition) is 2. The molecule has 1 fully saturated rings. The maximum atomic E-state index is 13.3. The van der Waals surface area contributed by atoms with E-state index in [4.69, 9.17) is 0 Å². The van der Waals surface area contributed by atoms with Gasteiger partial charge in [-0.2, -0.15) is 0 Å². The zero-order chi connectivity index (χ0) is 22.5. The topological polar surface area (TPSA) is 57.6 Å². The number of rotatable bonds is 9. The molecule has 168 valence electrons. The molecular weight excluding hydrogens is 388 g/mol. The summed E-state index contributed by atoms with van der Waals surface area (Å²) in [5.41, 5.74) is 3.08. The molecule has 1 aromatic carbocycles. The Balaban J connectivity index is 1.69. The molecule has 6 nitrogen and oxygen atoms in total. The molecule has 31 heavy (non-hydrogen) atoms. The highest BCUT2D eigenvalue weighted by Gasteiger charge is 2.34. The van der Waals surface area contributed by atoms with E-state index in [9.17, 15) is 9.59 Å². The first-order valence-electron chi connectivity index (χ1n) is 11.4. The fraction of sp³-hybridized carbons (Fsp3) is 0.520. The van der Waals surface area contributed by atoms with E-state index in [1.807, 2.05) is 73.0 Å². The first-order valence-corrected chi connectivity index (χ1v) is 11.4. The maximum absolute atomic E-state index is 13.3. The summed E-state index contributed by atoms with van der Waals surface area (Å²) in [6.45, 7) is 8.99. The number of carbonyl (C=O) groups excluding carboxylic acids is 2. The van der Waals surface area contributed by atoms with E-state index in [1.54, 1.807) is 4.90 Å². The molecule has 3 amide bonds. The second-order valence-electron chi connectivity index (χ2n) is 8.96. The van der Waals surface area contributed by atoms with E-state index in [-0.39, 0.29) is 30.6 Å². The number of carbonyl (C=O) groups is 2. The van der Waals surface area contributed by atoms with Crippen molar-refractivity contribution in [3.8, 4) is 0 Å². The molecule has 2 aromatic rings. The Morgan fingerprint density at radius 1 is 1.13 bits per heavy atom. The molecular formula is C25H36N4O2. The van der Waals surface area contributed by atoms with Crippen LogP contribution < -0.4 is 5.32 Å². The molecule has 1 aliphatic rings. The summed E-state index contributed by atoms with van der Waals surface area (Å²) in [7, 11) is 1.99. The van der Waals surface area contributed by atoms with Gasteiger partial charge < -0.3 is 19.7 Å². The Kier molecular flexibility index (Phi) is 7.42. The van der Waals surface area contributed by atoms with Gasteiger partial charge in [0.15, 0.2) is 0 Å². The van der Waals surface area contributed by atoms with Crippen LogP contribution in [-0.4, -0.2) is 44.9 Å². The highest BCUT2D eigenvalue weighted by Crippen LogP contribution is 2.29. The van der Waals surface area contributed by atoms with Gasteiger partial charge in [0, 0.05) is 36.7 Å². The second kappa shape index (κ2) is 10.0. The number of aromatic nitrogens is 1. The van der Waals surface area contributed by atoms with Crippen LogP contribution in [0.5, 0.6) is 0 Å². The Hall–Kier alpha value is -2.76. The summed E-state index contributed by atoms with van der Waals surface area (Å²) in [6, 6.07) is 12.0. The SMILES string of the molecule is CC[C@@H](C)N(CC(=O)N(Cc1cccn1C)C1CC1)C(=O)Nc1ccc(C(C)C)cc1. The molecule has 0 bridgehead atoms. The van der Waals surface area contributed by atoms with Crippen molar-refractivity contribution in [3.05, 3.63) is 53.9 Å². The van der Waals surface area contributed by atoms with E-state index in [1.165, 1.54) is 5.56 Å². The summed E-state index contributed by atoms with van der Waals surface area (Å²) < 4.78 is 2.04. The molecule has 1 N–H and O–H groups in total. The predicted octanol–water partition coefficient (Wildman–Crippen LogP) is 4.97. The lowest BCUT2D eigenvalue weighted by atomic mass is 10.0. The minimum absolute atomic E-state index is 0.00862. The molecule has 1 heterocycles. The average Bonchev–Trinajstić information content (AvgIpc) is 3.51. The van der Waals surface area contributed by atoms with Gasteiger partial charge in [0.1, 0.15) is 6.54 Å². The normalized spacial score (nSPS) is 14.4. The van der Waals surface area contributed by atoms with Gasteiger partial charge >= 0.3 is 6.03 Å². The van der Waals surface area contributed by atoms with E-state index >= 15 is 0 Å². The smallest absolute Gasteiger partial charge is 0.322 e. The summed E-state index contributed by atoms with van der Waals surface area (Å²) >= 11 is 0. The second-order valence-corrected chi connectivity index (χ2v) is 8.96. The number of nitrogens with one attached hydrogen (secondary N) is 1. The molecule has 6 heteroatoms. The fourth-order valence-corrected chi connectivity index (χ4v) is 3.67. The number of amides is 3. The van der Waals surface area contributed by atoms with Gasteiger partial charge in [-0.05, 0) is 61.9 Å². The Morgan fingerprint density at radius 3 is 2.32 bits per heavy atom. The van der Waals surface area contributed by atoms with Gasteiger partial charge in [-0.1, -0.05) is 32.9 Å². The molecule has 1 atom stereocenters. The van der Waals surface area contributed by atoms with Crippen molar-refractivity contribution in [2.24, 2.45) is 7.05 Å². The van der Waals surface area contributed by atoms with Crippen LogP contribution in [0.2, 0.25) is 0 Å². The third kappa shape index (κ3) is 5.90. The van der Waals surface area contributed by atoms with Crippen LogP contribution in [0, 0.1) is 0 Å². The van der Waals surface area contributed by atoms with Gasteiger partial charge in [0.2, 0.25) is 5.91 Å². The molecule has 1 saturated carbocycles. The van der Waals surface area contributed by atoms with Crippen LogP contribution in [0.15, 0.2) is 42.6 Å². The van der Waals surface area contributed by atoms with Crippen molar-refractivity contribution in [1.82, 2.24) is 14.4 Å². The molecule has 0 aliphatic heterocycles. The van der Waals surface area contributed by atoms with Crippen molar-refractivity contribution in [2.45, 2.75) is 71.5 Å². The first kappa shape index (κ1) is 22.9. The lowest BCUT2D eigenvalue weighted by Gasteiger charge is -2.31. The molecule has 1 aromatic heterocycles. The Bertz CT molecular complexity index is 883. The molecule has 0 radical (unpaired) electrons. The van der Waals surface area contributed by atoms with Crippen molar-refractivity contribution in [2.75, 3.05) is 11.9 Å². The highest BCUT2D eigenvalue weighted by molar-refractivity contribution is 5.92. The van der Waals surface area contributed by atoms with Gasteiger partial charge in [-0.3, -0.25) is 4.79 Å². The van der Waals surface area contributed by atoms with Crippen molar-refractivity contribution in [3.63, 3.8) is 0 Å². The van der Waals surface area contributed by atoms with E-state index in [2.05, 4.69) is 19.2 Å². The van der Waals surface area contributed by atoms with E-state index in [0.29, 0.717) is 12.5 Å². The van der Waals surface area contributed by atoms with Gasteiger partial charge in [0.25, 0.3) is 0 Å². The third-order valence-electron chi connectivity index (χ3n) is 6.21. The Morgan fingerprint density at radius 2 is 1.81 bits per heavy atom. The molecule has 1 aliphatic carbocycles. The molecule has 0 unspecified atom stereocenters. The van der Waals surface area contributed by atoms with Crippen LogP contribution >= 0.6 is 0 Å². The average molecular weight is 425 g/mol. The molecule has 0 spiro atoms. The van der Waals surface area contributed by atoms with E-state index in [0.717, 1.165) is 30.6 Å². The summed E-state index contributed by atoms with van der Waals surface area (Å²) in [5.74, 6) is 0.450. The van der Waals surface area contributed by atoms with Crippen LogP contribution in [0.3, 0.4) is 0 Å². The summed E-state index contributed by atoms with van der Waals surface area (Å²) in [6.07, 6.45) is 4.85. The lowest BCUT2D eigenvalue weighted by Crippen LogP contribution is -2.48. The van der Waals surface area contributed by atoms with Crippen LogP contribution in [0.25, 0.3) is 0 Å². The number of hydrogen-bond donors (Lipinski definition) is 1. The maximum Gasteiger partial charge on any atom is 0.322 e. The van der Waals surface area contributed by atoms with Crippen molar-refractivity contribution in [1.29, 1.82) is 0 Å².